The van der Waals surface area contributed by atoms with Crippen LogP contribution in [0.2, 0.25) is 0 Å². The Labute approximate surface area is 469 Å². The fourth-order valence-corrected chi connectivity index (χ4v) is 13.5. The molecule has 6 aliphatic rings. The third-order valence-corrected chi connectivity index (χ3v) is 18.2. The van der Waals surface area contributed by atoms with Crippen LogP contribution in [0.5, 0.6) is 0 Å². The minimum atomic E-state index is -2.04. The van der Waals surface area contributed by atoms with Gasteiger partial charge in [-0.15, -0.1) is 23.5 Å². The molecule has 35 heteroatoms. The molecule has 6 heterocycles. The van der Waals surface area contributed by atoms with Crippen LogP contribution in [0.4, 0.5) is 0 Å². The zero-order valence-electron chi connectivity index (χ0n) is 42.6. The molecular formula is C45H77NO31S3. The molecular weight excluding hydrogens is 1150 g/mol. The summed E-state index contributed by atoms with van der Waals surface area (Å²) in [5.41, 5.74) is -2.52. The summed E-state index contributed by atoms with van der Waals surface area (Å²) in [5.74, 6) is 0.230. The maximum Gasteiger partial charge on any atom is 0.243 e. The average Bonchev–Trinajstić information content (AvgIpc) is 3.48. The van der Waals surface area contributed by atoms with Gasteiger partial charge in [0.1, 0.15) is 157 Å². The third-order valence-electron chi connectivity index (χ3n) is 14.2. The number of thioether (sulfide) groups is 3. The first-order chi connectivity index (χ1) is 38.1. The summed E-state index contributed by atoms with van der Waals surface area (Å²) < 4.78 is 56.7. The number of nitrogens with one attached hydrogen (secondary N) is 1. The van der Waals surface area contributed by atoms with Crippen molar-refractivity contribution in [2.75, 3.05) is 69.2 Å². The van der Waals surface area contributed by atoms with Crippen molar-refractivity contribution in [3.05, 3.63) is 12.7 Å². The van der Waals surface area contributed by atoms with E-state index in [0.717, 1.165) is 29.6 Å². The first kappa shape index (κ1) is 68.2. The van der Waals surface area contributed by atoms with Crippen LogP contribution in [0.25, 0.3) is 0 Å². The highest BCUT2D eigenvalue weighted by molar-refractivity contribution is 8.01. The van der Waals surface area contributed by atoms with Crippen molar-refractivity contribution in [3.8, 4) is 0 Å². The molecule has 1 amide bonds. The molecule has 21 N–H and O–H groups in total. The molecule has 6 fully saturated rings. The van der Waals surface area contributed by atoms with Crippen LogP contribution in [0.3, 0.4) is 0 Å². The summed E-state index contributed by atoms with van der Waals surface area (Å²) in [6, 6.07) is 0. The van der Waals surface area contributed by atoms with Crippen molar-refractivity contribution >= 4 is 41.2 Å². The van der Waals surface area contributed by atoms with E-state index in [2.05, 4.69) is 11.9 Å². The van der Waals surface area contributed by atoms with E-state index >= 15 is 0 Å². The van der Waals surface area contributed by atoms with Gasteiger partial charge in [0, 0.05) is 23.8 Å². The summed E-state index contributed by atoms with van der Waals surface area (Å²) >= 11 is 3.39. The van der Waals surface area contributed by atoms with Gasteiger partial charge in [0.2, 0.25) is 5.91 Å². The van der Waals surface area contributed by atoms with Crippen molar-refractivity contribution in [2.45, 2.75) is 183 Å². The Morgan fingerprint density at radius 3 is 1.04 bits per heavy atom. The lowest BCUT2D eigenvalue weighted by molar-refractivity contribution is -0.371. The Bertz CT molecular complexity index is 1750. The monoisotopic (exact) mass is 1220 g/mol. The molecule has 0 saturated carbocycles. The van der Waals surface area contributed by atoms with Gasteiger partial charge in [-0.2, -0.15) is 11.8 Å². The van der Waals surface area contributed by atoms with Gasteiger partial charge in [-0.25, -0.2) is 0 Å². The van der Waals surface area contributed by atoms with E-state index in [0.29, 0.717) is 11.5 Å². The second-order valence-electron chi connectivity index (χ2n) is 19.7. The fraction of sp³-hybridized carbons (Fsp3) is 0.933. The molecule has 0 radical (unpaired) electrons. The van der Waals surface area contributed by atoms with Gasteiger partial charge in [-0.05, 0) is 17.7 Å². The quantitative estimate of drug-likeness (QED) is 0.0282. The molecule has 30 atom stereocenters. The van der Waals surface area contributed by atoms with Gasteiger partial charge in [-0.3, -0.25) is 4.79 Å². The molecule has 0 aromatic rings. The first-order valence-electron chi connectivity index (χ1n) is 25.5. The van der Waals surface area contributed by atoms with Gasteiger partial charge < -0.3 is 155 Å². The summed E-state index contributed by atoms with van der Waals surface area (Å²) in [6.45, 7) is -1.45. The number of amides is 1. The minimum Gasteiger partial charge on any atom is -0.394 e. The maximum absolute atomic E-state index is 11.7. The van der Waals surface area contributed by atoms with Crippen LogP contribution in [0, 0.1) is 5.92 Å². The predicted molar refractivity (Wildman–Crippen MR) is 267 cm³/mol. The molecule has 32 nitrogen and oxygen atoms in total. The highest BCUT2D eigenvalue weighted by Gasteiger charge is 2.56. The van der Waals surface area contributed by atoms with Crippen molar-refractivity contribution in [1.82, 2.24) is 5.32 Å². The largest absolute Gasteiger partial charge is 0.394 e. The van der Waals surface area contributed by atoms with E-state index in [-0.39, 0.29) is 18.1 Å². The molecule has 6 saturated heterocycles. The molecule has 6 rings (SSSR count). The van der Waals surface area contributed by atoms with Gasteiger partial charge >= 0.3 is 0 Å². The smallest absolute Gasteiger partial charge is 0.243 e. The molecule has 0 bridgehead atoms. The third kappa shape index (κ3) is 16.0. The Kier molecular flexibility index (Phi) is 27.0. The number of carbonyl (C=O) groups excluding carboxylic acids is 1. The zero-order chi connectivity index (χ0) is 58.9. The fourth-order valence-electron chi connectivity index (χ4n) is 9.54. The van der Waals surface area contributed by atoms with E-state index in [9.17, 15) is 107 Å². The van der Waals surface area contributed by atoms with Crippen LogP contribution in [-0.4, -0.2) is 360 Å². The Hall–Kier alpha value is -0.940. The van der Waals surface area contributed by atoms with Crippen LogP contribution in [0.1, 0.15) is 0 Å². The number of hydrogen-bond donors (Lipinski definition) is 21. The van der Waals surface area contributed by atoms with E-state index < -0.39 is 234 Å². The lowest BCUT2D eigenvalue weighted by Crippen LogP contribution is -2.66. The number of aliphatic hydroxyl groups is 20. The average molecular weight is 1220 g/mol. The number of carbonyl (C=O) groups is 1. The summed E-state index contributed by atoms with van der Waals surface area (Å²) in [5, 5.41) is 215. The normalized spacial score (nSPS) is 46.6. The highest BCUT2D eigenvalue weighted by Crippen LogP contribution is 2.39. The Morgan fingerprint density at radius 1 is 0.412 bits per heavy atom. The van der Waals surface area contributed by atoms with E-state index in [1.165, 1.54) is 11.8 Å². The van der Waals surface area contributed by atoms with Crippen LogP contribution >= 0.6 is 35.3 Å². The molecule has 6 aliphatic heterocycles. The number of ether oxygens (including phenoxy) is 10. The van der Waals surface area contributed by atoms with E-state index in [1.807, 2.05) is 0 Å². The second kappa shape index (κ2) is 31.6. The van der Waals surface area contributed by atoms with Crippen molar-refractivity contribution in [2.24, 2.45) is 5.92 Å². The van der Waals surface area contributed by atoms with Gasteiger partial charge in [0.25, 0.3) is 0 Å². The van der Waals surface area contributed by atoms with Gasteiger partial charge in [-0.1, -0.05) is 6.58 Å². The van der Waals surface area contributed by atoms with Crippen molar-refractivity contribution in [1.29, 1.82) is 0 Å². The summed E-state index contributed by atoms with van der Waals surface area (Å²) in [4.78, 5) is 11.7. The second-order valence-corrected chi connectivity index (χ2v) is 23.1. The first-order valence-corrected chi connectivity index (χ1v) is 28.8. The minimum absolute atomic E-state index is 0.134. The molecule has 80 heavy (non-hydrogen) atoms. The van der Waals surface area contributed by atoms with Crippen LogP contribution < -0.4 is 5.32 Å². The van der Waals surface area contributed by atoms with Crippen molar-refractivity contribution < 1.29 is 154 Å². The van der Waals surface area contributed by atoms with Gasteiger partial charge in [0.05, 0.1) is 39.6 Å². The molecule has 0 spiro atoms. The van der Waals surface area contributed by atoms with Crippen LogP contribution in [-0.2, 0) is 52.2 Å². The summed E-state index contributed by atoms with van der Waals surface area (Å²) in [6.07, 6.45) is -48.1. The molecule has 0 aromatic carbocycles. The number of aliphatic hydroxyl groups excluding tert-OH is 20. The number of rotatable bonds is 26. The molecule has 466 valence electrons. The summed E-state index contributed by atoms with van der Waals surface area (Å²) in [7, 11) is 0. The Balaban J connectivity index is 1.06. The lowest BCUT2D eigenvalue weighted by atomic mass is 9.96. The molecule has 0 unspecified atom stereocenters. The molecule has 0 aromatic heterocycles. The SMILES string of the molecule is C=CC(=O)NCCSCC(CS[C@@H]1O[C@H](CO)[C@@H](O[C@H]2O[C@H](CO)[C@H](O[C@H]3O[C@H](CO)[C@H](O)[C@H](O)[C@H]3O)[C@H](O)[C@H]2O)[C@H](O)[C@H]1O)CS[C@@H]1O[C@H](CO)[C@@H](O[C@H]2O[C@H](CO)[C@H](O[C@H]3O[C@H](CO)[C@H](O)[C@H](O)[C@H]3O)[C@H](O)[C@H]2O)[C@H](O)[C@H]1O. The van der Waals surface area contributed by atoms with E-state index in [4.69, 9.17) is 47.4 Å². The Morgan fingerprint density at radius 2 is 0.713 bits per heavy atom. The van der Waals surface area contributed by atoms with Gasteiger partial charge in [0.15, 0.2) is 25.2 Å². The van der Waals surface area contributed by atoms with Crippen LogP contribution in [0.15, 0.2) is 12.7 Å². The topological polar surface area (TPSA) is 526 Å². The standard InChI is InChI=1S/C45H77NO31S3/c1-2-21(53)46-3-4-78-11-14(12-79-44-34(66)28(60)38(19(9-51)72-44)76-42-32(64)26(58)36(17(7-49)70-42)74-40-30(62)24(56)22(54)15(5-47)68-40)13-80-45-35(67)29(61)39(20(10-52)73-45)77-43-33(65)27(59)37(18(8-50)71-43)75-41-31(63)25(57)23(55)16(6-48)69-41/h2,14-20,22-45,47-52,54-67H,1,3-13H2,(H,46,53)/t15-,16-,17-,18-,19-,20-,22+,23+,24+,25+,26-,27-,28-,29-,30-,31-,32-,33-,34-,35-,36+,37+,38-,39-,40-,41-,42-,43-,44+,45+/m1/s1. The predicted octanol–water partition coefficient (Wildman–Crippen LogP) is -12.0. The van der Waals surface area contributed by atoms with Crippen molar-refractivity contribution in [3.63, 3.8) is 0 Å². The maximum atomic E-state index is 11.7. The lowest BCUT2D eigenvalue weighted by Gasteiger charge is -2.48. The number of hydrogen-bond acceptors (Lipinski definition) is 34. The van der Waals surface area contributed by atoms with E-state index in [1.54, 1.807) is 0 Å². The zero-order valence-corrected chi connectivity index (χ0v) is 45.1. The molecule has 0 aliphatic carbocycles. The highest BCUT2D eigenvalue weighted by atomic mass is 32.2.